The number of nitrogens with zero attached hydrogens (tertiary/aromatic N) is 1. The highest BCUT2D eigenvalue weighted by molar-refractivity contribution is 5.30. The molecule has 0 amide bonds. The molecule has 0 aliphatic carbocycles. The number of likely N-dealkylation sites (tertiary alicyclic amines) is 1. The maximum atomic E-state index is 5.26. The summed E-state index contributed by atoms with van der Waals surface area (Å²) in [5.41, 5.74) is 1.29. The second-order valence-electron chi connectivity index (χ2n) is 5.35. The zero-order valence-electron chi connectivity index (χ0n) is 12.2. The van der Waals surface area contributed by atoms with Gasteiger partial charge in [-0.3, -0.25) is 0 Å². The highest BCUT2D eigenvalue weighted by Crippen LogP contribution is 2.18. The molecule has 1 fully saturated rings. The molecule has 1 aliphatic rings. The molecule has 0 saturated carbocycles. The molecule has 1 aliphatic heterocycles. The molecule has 3 heteroatoms. The summed E-state index contributed by atoms with van der Waals surface area (Å²) in [6, 6.07) is 8.69. The van der Waals surface area contributed by atoms with Crippen molar-refractivity contribution in [3.63, 3.8) is 0 Å². The molecule has 1 heterocycles. The van der Waals surface area contributed by atoms with Gasteiger partial charge in [0.05, 0.1) is 7.11 Å². The number of benzene rings is 1. The van der Waals surface area contributed by atoms with E-state index in [1.807, 2.05) is 6.07 Å². The van der Waals surface area contributed by atoms with Crippen molar-refractivity contribution in [1.82, 2.24) is 10.2 Å². The molecule has 19 heavy (non-hydrogen) atoms. The molecule has 1 atom stereocenters. The van der Waals surface area contributed by atoms with Crippen LogP contribution in [0.2, 0.25) is 0 Å². The van der Waals surface area contributed by atoms with Crippen molar-refractivity contribution in [2.45, 2.75) is 32.2 Å². The minimum absolute atomic E-state index is 0.383. The van der Waals surface area contributed by atoms with E-state index in [0.717, 1.165) is 12.3 Å². The molecule has 1 N–H and O–H groups in total. The third kappa shape index (κ3) is 4.51. The van der Waals surface area contributed by atoms with E-state index in [2.05, 4.69) is 35.3 Å². The standard InChI is InChI=1S/C16H26N2O/c1-14(15-7-5-8-16(13-15)19-2)17-9-6-12-18-10-3-4-11-18/h5,7-8,13-14,17H,3-4,6,9-12H2,1-2H3/t14-/m1/s1. The molecule has 0 bridgehead atoms. The molecular formula is C16H26N2O. The lowest BCUT2D eigenvalue weighted by molar-refractivity contribution is 0.328. The molecule has 2 rings (SSSR count). The Kier molecular flexibility index (Phi) is 5.67. The van der Waals surface area contributed by atoms with Gasteiger partial charge < -0.3 is 15.0 Å². The van der Waals surface area contributed by atoms with E-state index >= 15 is 0 Å². The van der Waals surface area contributed by atoms with Gasteiger partial charge in [-0.15, -0.1) is 0 Å². The lowest BCUT2D eigenvalue weighted by Gasteiger charge is -2.17. The smallest absolute Gasteiger partial charge is 0.119 e. The normalized spacial score (nSPS) is 17.6. The van der Waals surface area contributed by atoms with Crippen LogP contribution in [0.4, 0.5) is 0 Å². The summed E-state index contributed by atoms with van der Waals surface area (Å²) in [5.74, 6) is 0.934. The average molecular weight is 262 g/mol. The van der Waals surface area contributed by atoms with Crippen molar-refractivity contribution >= 4 is 0 Å². The summed E-state index contributed by atoms with van der Waals surface area (Å²) in [6.07, 6.45) is 4.00. The van der Waals surface area contributed by atoms with Crippen LogP contribution in [0.1, 0.15) is 37.8 Å². The maximum Gasteiger partial charge on any atom is 0.119 e. The lowest BCUT2D eigenvalue weighted by atomic mass is 10.1. The van der Waals surface area contributed by atoms with Crippen molar-refractivity contribution in [3.8, 4) is 5.75 Å². The van der Waals surface area contributed by atoms with Gasteiger partial charge in [-0.25, -0.2) is 0 Å². The van der Waals surface area contributed by atoms with E-state index in [-0.39, 0.29) is 0 Å². The van der Waals surface area contributed by atoms with Crippen LogP contribution in [0, 0.1) is 0 Å². The third-order valence-electron chi connectivity index (χ3n) is 3.89. The number of hydrogen-bond donors (Lipinski definition) is 1. The second-order valence-corrected chi connectivity index (χ2v) is 5.35. The quantitative estimate of drug-likeness (QED) is 0.765. The first kappa shape index (κ1) is 14.4. The van der Waals surface area contributed by atoms with E-state index in [1.54, 1.807) is 7.11 Å². The van der Waals surface area contributed by atoms with Crippen molar-refractivity contribution in [2.24, 2.45) is 0 Å². The Morgan fingerprint density at radius 3 is 2.84 bits per heavy atom. The van der Waals surface area contributed by atoms with Gasteiger partial charge in [0.1, 0.15) is 5.75 Å². The van der Waals surface area contributed by atoms with Crippen LogP contribution in [0.5, 0.6) is 5.75 Å². The highest BCUT2D eigenvalue weighted by atomic mass is 16.5. The first-order valence-corrected chi connectivity index (χ1v) is 7.39. The summed E-state index contributed by atoms with van der Waals surface area (Å²) < 4.78 is 5.26. The molecule has 0 aromatic heterocycles. The van der Waals surface area contributed by atoms with Gasteiger partial charge in [-0.05, 0) is 70.1 Å². The fraction of sp³-hybridized carbons (Fsp3) is 0.625. The van der Waals surface area contributed by atoms with E-state index in [1.165, 1.54) is 44.5 Å². The van der Waals surface area contributed by atoms with Gasteiger partial charge in [0.25, 0.3) is 0 Å². The summed E-state index contributed by atoms with van der Waals surface area (Å²) in [6.45, 7) is 7.12. The Bertz CT molecular complexity index is 375. The van der Waals surface area contributed by atoms with Crippen LogP contribution >= 0.6 is 0 Å². The number of methoxy groups -OCH3 is 1. The van der Waals surface area contributed by atoms with Gasteiger partial charge in [0, 0.05) is 6.04 Å². The predicted octanol–water partition coefficient (Wildman–Crippen LogP) is 2.83. The molecule has 0 spiro atoms. The molecular weight excluding hydrogens is 236 g/mol. The van der Waals surface area contributed by atoms with Gasteiger partial charge in [-0.2, -0.15) is 0 Å². The molecule has 0 unspecified atom stereocenters. The number of rotatable bonds is 7. The van der Waals surface area contributed by atoms with Crippen LogP contribution in [0.15, 0.2) is 24.3 Å². The third-order valence-corrected chi connectivity index (χ3v) is 3.89. The Morgan fingerprint density at radius 1 is 1.32 bits per heavy atom. The summed E-state index contributed by atoms with van der Waals surface area (Å²) in [7, 11) is 1.72. The largest absolute Gasteiger partial charge is 0.497 e. The Labute approximate surface area is 116 Å². The summed E-state index contributed by atoms with van der Waals surface area (Å²) in [5, 5.41) is 3.59. The van der Waals surface area contributed by atoms with Crippen LogP contribution in [0.3, 0.4) is 0 Å². The topological polar surface area (TPSA) is 24.5 Å². The fourth-order valence-electron chi connectivity index (χ4n) is 2.66. The average Bonchev–Trinajstić information content (AvgIpc) is 2.96. The van der Waals surface area contributed by atoms with Crippen molar-refractivity contribution in [1.29, 1.82) is 0 Å². The predicted molar refractivity (Wildman–Crippen MR) is 79.7 cm³/mol. The zero-order chi connectivity index (χ0) is 13.5. The van der Waals surface area contributed by atoms with Crippen LogP contribution in [0.25, 0.3) is 0 Å². The number of ether oxygens (including phenoxy) is 1. The van der Waals surface area contributed by atoms with E-state index in [4.69, 9.17) is 4.74 Å². The van der Waals surface area contributed by atoms with Crippen molar-refractivity contribution in [2.75, 3.05) is 33.3 Å². The molecule has 3 nitrogen and oxygen atoms in total. The van der Waals surface area contributed by atoms with Gasteiger partial charge in [0.15, 0.2) is 0 Å². The number of hydrogen-bond acceptors (Lipinski definition) is 3. The summed E-state index contributed by atoms with van der Waals surface area (Å²) in [4.78, 5) is 2.57. The maximum absolute atomic E-state index is 5.26. The second kappa shape index (κ2) is 7.51. The first-order chi connectivity index (χ1) is 9.29. The summed E-state index contributed by atoms with van der Waals surface area (Å²) >= 11 is 0. The van der Waals surface area contributed by atoms with Crippen LogP contribution in [-0.2, 0) is 0 Å². The van der Waals surface area contributed by atoms with Crippen LogP contribution in [-0.4, -0.2) is 38.2 Å². The van der Waals surface area contributed by atoms with Gasteiger partial charge in [0.2, 0.25) is 0 Å². The SMILES string of the molecule is COc1cccc([C@@H](C)NCCCN2CCCC2)c1. The number of nitrogens with one attached hydrogen (secondary N) is 1. The first-order valence-electron chi connectivity index (χ1n) is 7.39. The molecule has 106 valence electrons. The molecule has 1 aromatic rings. The van der Waals surface area contributed by atoms with Crippen molar-refractivity contribution in [3.05, 3.63) is 29.8 Å². The van der Waals surface area contributed by atoms with Crippen molar-refractivity contribution < 1.29 is 4.74 Å². The Balaban J connectivity index is 1.69. The van der Waals surface area contributed by atoms with E-state index < -0.39 is 0 Å². The minimum Gasteiger partial charge on any atom is -0.497 e. The highest BCUT2D eigenvalue weighted by Gasteiger charge is 2.11. The van der Waals surface area contributed by atoms with Crippen LogP contribution < -0.4 is 10.1 Å². The van der Waals surface area contributed by atoms with E-state index in [0.29, 0.717) is 6.04 Å². The Hall–Kier alpha value is -1.06. The monoisotopic (exact) mass is 262 g/mol. The fourth-order valence-corrected chi connectivity index (χ4v) is 2.66. The van der Waals surface area contributed by atoms with Gasteiger partial charge in [-0.1, -0.05) is 12.1 Å². The molecule has 1 saturated heterocycles. The molecule has 0 radical (unpaired) electrons. The van der Waals surface area contributed by atoms with E-state index in [9.17, 15) is 0 Å². The van der Waals surface area contributed by atoms with Gasteiger partial charge >= 0.3 is 0 Å². The molecule has 1 aromatic carbocycles. The Morgan fingerprint density at radius 2 is 2.11 bits per heavy atom. The zero-order valence-corrected chi connectivity index (χ0v) is 12.2. The lowest BCUT2D eigenvalue weighted by Crippen LogP contribution is -2.26. The minimum atomic E-state index is 0.383.